The van der Waals surface area contributed by atoms with Crippen LogP contribution in [0.1, 0.15) is 58.1 Å². The van der Waals surface area contributed by atoms with Crippen molar-refractivity contribution in [2.75, 3.05) is 0 Å². The number of carbonyl (C=O) groups is 1. The zero-order chi connectivity index (χ0) is 15.4. The van der Waals surface area contributed by atoms with Crippen molar-refractivity contribution in [3.63, 3.8) is 0 Å². The predicted molar refractivity (Wildman–Crippen MR) is 88.3 cm³/mol. The SMILES string of the molecule is CCc1ccc(CCC(=O)N(C2CC2)C(C)C(C)C)cc1. The molecule has 0 spiro atoms. The van der Waals surface area contributed by atoms with Crippen molar-refractivity contribution >= 4 is 5.91 Å². The van der Waals surface area contributed by atoms with Gasteiger partial charge in [0, 0.05) is 18.5 Å². The van der Waals surface area contributed by atoms with Crippen molar-refractivity contribution in [2.45, 2.75) is 71.9 Å². The van der Waals surface area contributed by atoms with Crippen LogP contribution in [0.5, 0.6) is 0 Å². The average molecular weight is 287 g/mol. The highest BCUT2D eigenvalue weighted by Crippen LogP contribution is 2.31. The molecule has 0 heterocycles. The van der Waals surface area contributed by atoms with Crippen LogP contribution in [0, 0.1) is 5.92 Å². The van der Waals surface area contributed by atoms with Crippen LogP contribution in [-0.4, -0.2) is 22.9 Å². The quantitative estimate of drug-likeness (QED) is 0.735. The van der Waals surface area contributed by atoms with E-state index in [-0.39, 0.29) is 0 Å². The van der Waals surface area contributed by atoms with E-state index in [1.165, 1.54) is 24.0 Å². The first-order valence-corrected chi connectivity index (χ1v) is 8.42. The molecular formula is C19H29NO. The molecule has 0 aromatic heterocycles. The van der Waals surface area contributed by atoms with Crippen LogP contribution in [0.15, 0.2) is 24.3 Å². The Morgan fingerprint density at radius 2 is 1.71 bits per heavy atom. The molecule has 0 radical (unpaired) electrons. The number of amides is 1. The fourth-order valence-corrected chi connectivity index (χ4v) is 2.76. The van der Waals surface area contributed by atoms with Gasteiger partial charge in [0.1, 0.15) is 0 Å². The smallest absolute Gasteiger partial charge is 0.223 e. The fraction of sp³-hybridized carbons (Fsp3) is 0.632. The predicted octanol–water partition coefficient (Wildman–Crippen LogP) is 4.22. The highest BCUT2D eigenvalue weighted by molar-refractivity contribution is 5.77. The first kappa shape index (κ1) is 16.1. The van der Waals surface area contributed by atoms with E-state index < -0.39 is 0 Å². The standard InChI is InChI=1S/C19H29NO/c1-5-16-6-8-17(9-7-16)10-13-19(21)20(18-11-12-18)15(4)14(2)3/h6-9,14-15,18H,5,10-13H2,1-4H3. The summed E-state index contributed by atoms with van der Waals surface area (Å²) in [7, 11) is 0. The van der Waals surface area contributed by atoms with Crippen molar-refractivity contribution in [1.29, 1.82) is 0 Å². The van der Waals surface area contributed by atoms with E-state index in [9.17, 15) is 4.79 Å². The lowest BCUT2D eigenvalue weighted by Crippen LogP contribution is -2.43. The van der Waals surface area contributed by atoms with Crippen molar-refractivity contribution in [3.8, 4) is 0 Å². The van der Waals surface area contributed by atoms with Crippen LogP contribution >= 0.6 is 0 Å². The van der Waals surface area contributed by atoms with Gasteiger partial charge < -0.3 is 4.90 Å². The highest BCUT2D eigenvalue weighted by Gasteiger charge is 2.36. The van der Waals surface area contributed by atoms with Crippen LogP contribution in [0.4, 0.5) is 0 Å². The lowest BCUT2D eigenvalue weighted by atomic mass is 10.0. The third kappa shape index (κ3) is 4.33. The zero-order valence-corrected chi connectivity index (χ0v) is 13.9. The molecule has 1 saturated carbocycles. The molecule has 1 atom stereocenters. The lowest BCUT2D eigenvalue weighted by molar-refractivity contribution is -0.134. The minimum atomic E-state index is 0.332. The molecule has 1 fully saturated rings. The normalized spacial score (nSPS) is 16.0. The Balaban J connectivity index is 1.92. The molecule has 2 nitrogen and oxygen atoms in total. The van der Waals surface area contributed by atoms with E-state index in [2.05, 4.69) is 56.9 Å². The molecule has 1 unspecified atom stereocenters. The molecule has 0 saturated heterocycles. The highest BCUT2D eigenvalue weighted by atomic mass is 16.2. The van der Waals surface area contributed by atoms with E-state index in [0.717, 1.165) is 12.8 Å². The number of aryl methyl sites for hydroxylation is 2. The van der Waals surface area contributed by atoms with Crippen LogP contribution in [0.3, 0.4) is 0 Å². The maximum absolute atomic E-state index is 12.6. The maximum atomic E-state index is 12.6. The Morgan fingerprint density at radius 3 is 2.19 bits per heavy atom. The van der Waals surface area contributed by atoms with E-state index >= 15 is 0 Å². The summed E-state index contributed by atoms with van der Waals surface area (Å²) in [5.41, 5.74) is 2.63. The Morgan fingerprint density at radius 1 is 1.14 bits per heavy atom. The number of carbonyl (C=O) groups excluding carboxylic acids is 1. The second-order valence-electron chi connectivity index (χ2n) is 6.69. The van der Waals surface area contributed by atoms with Crippen molar-refractivity contribution in [2.24, 2.45) is 5.92 Å². The van der Waals surface area contributed by atoms with Gasteiger partial charge in [-0.15, -0.1) is 0 Å². The molecular weight excluding hydrogens is 258 g/mol. The summed E-state index contributed by atoms with van der Waals surface area (Å²) in [5.74, 6) is 0.858. The minimum absolute atomic E-state index is 0.332. The average Bonchev–Trinajstić information content (AvgIpc) is 3.30. The second-order valence-corrected chi connectivity index (χ2v) is 6.69. The topological polar surface area (TPSA) is 20.3 Å². The maximum Gasteiger partial charge on any atom is 0.223 e. The summed E-state index contributed by atoms with van der Waals surface area (Å²) >= 11 is 0. The molecule has 2 heteroatoms. The summed E-state index contributed by atoms with van der Waals surface area (Å²) in [4.78, 5) is 14.8. The molecule has 1 amide bonds. The first-order valence-electron chi connectivity index (χ1n) is 8.42. The van der Waals surface area contributed by atoms with Gasteiger partial charge in [-0.1, -0.05) is 45.0 Å². The molecule has 21 heavy (non-hydrogen) atoms. The monoisotopic (exact) mass is 287 g/mol. The van der Waals surface area contributed by atoms with Gasteiger partial charge in [0.05, 0.1) is 0 Å². The molecule has 1 aliphatic rings. The molecule has 1 aromatic rings. The van der Waals surface area contributed by atoms with Gasteiger partial charge in [0.2, 0.25) is 5.91 Å². The van der Waals surface area contributed by atoms with Gasteiger partial charge in [-0.05, 0) is 49.7 Å². The van der Waals surface area contributed by atoms with Crippen LogP contribution in [-0.2, 0) is 17.6 Å². The molecule has 0 bridgehead atoms. The van der Waals surface area contributed by atoms with Gasteiger partial charge in [0.25, 0.3) is 0 Å². The second kappa shape index (κ2) is 7.11. The first-order chi connectivity index (χ1) is 10.0. The van der Waals surface area contributed by atoms with E-state index in [1.807, 2.05) is 0 Å². The van der Waals surface area contributed by atoms with Crippen molar-refractivity contribution in [3.05, 3.63) is 35.4 Å². The Kier molecular flexibility index (Phi) is 5.44. The van der Waals surface area contributed by atoms with E-state index in [1.54, 1.807) is 0 Å². The Bertz CT molecular complexity index is 459. The Labute approximate surface area is 129 Å². The lowest BCUT2D eigenvalue weighted by Gasteiger charge is -2.32. The van der Waals surface area contributed by atoms with E-state index in [0.29, 0.717) is 30.3 Å². The van der Waals surface area contributed by atoms with Crippen LogP contribution in [0.2, 0.25) is 0 Å². The van der Waals surface area contributed by atoms with Gasteiger partial charge in [-0.3, -0.25) is 4.79 Å². The number of hydrogen-bond acceptors (Lipinski definition) is 1. The number of hydrogen-bond donors (Lipinski definition) is 0. The van der Waals surface area contributed by atoms with Gasteiger partial charge in [-0.25, -0.2) is 0 Å². The van der Waals surface area contributed by atoms with Gasteiger partial charge >= 0.3 is 0 Å². The summed E-state index contributed by atoms with van der Waals surface area (Å²) < 4.78 is 0. The molecule has 116 valence electrons. The van der Waals surface area contributed by atoms with Crippen LogP contribution in [0.25, 0.3) is 0 Å². The summed E-state index contributed by atoms with van der Waals surface area (Å²) in [6.07, 6.45) is 4.94. The van der Waals surface area contributed by atoms with Crippen LogP contribution < -0.4 is 0 Å². The van der Waals surface area contributed by atoms with Crippen molar-refractivity contribution < 1.29 is 4.79 Å². The molecule has 0 aliphatic heterocycles. The Hall–Kier alpha value is -1.31. The summed E-state index contributed by atoms with van der Waals surface area (Å²) in [6, 6.07) is 9.55. The molecule has 0 N–H and O–H groups in total. The minimum Gasteiger partial charge on any atom is -0.337 e. The number of rotatable bonds is 7. The van der Waals surface area contributed by atoms with Gasteiger partial charge in [-0.2, -0.15) is 0 Å². The van der Waals surface area contributed by atoms with Gasteiger partial charge in [0.15, 0.2) is 0 Å². The third-order valence-electron chi connectivity index (χ3n) is 4.69. The van der Waals surface area contributed by atoms with E-state index in [4.69, 9.17) is 0 Å². The molecule has 1 aliphatic carbocycles. The molecule has 2 rings (SSSR count). The summed E-state index contributed by atoms with van der Waals surface area (Å²) in [6.45, 7) is 8.77. The summed E-state index contributed by atoms with van der Waals surface area (Å²) in [5, 5.41) is 0. The zero-order valence-electron chi connectivity index (χ0n) is 13.9. The fourth-order valence-electron chi connectivity index (χ4n) is 2.76. The molecule has 1 aromatic carbocycles. The third-order valence-corrected chi connectivity index (χ3v) is 4.69. The number of nitrogens with zero attached hydrogens (tertiary/aromatic N) is 1. The largest absolute Gasteiger partial charge is 0.337 e. The van der Waals surface area contributed by atoms with Crippen molar-refractivity contribution in [1.82, 2.24) is 4.90 Å². The number of benzene rings is 1.